The van der Waals surface area contributed by atoms with Crippen molar-refractivity contribution in [3.8, 4) is 0 Å². The number of halogens is 3. The number of benzene rings is 1. The van der Waals surface area contributed by atoms with Crippen molar-refractivity contribution < 1.29 is 27.4 Å². The summed E-state index contributed by atoms with van der Waals surface area (Å²) in [6.45, 7) is 10.3. The summed E-state index contributed by atoms with van der Waals surface area (Å²) in [6.07, 6.45) is 10.3. The molecule has 6 heteroatoms. The van der Waals surface area contributed by atoms with Crippen LogP contribution in [0.5, 0.6) is 0 Å². The molecule has 0 saturated carbocycles. The monoisotopic (exact) mass is 516 g/mol. The third kappa shape index (κ3) is 12.9. The van der Waals surface area contributed by atoms with E-state index in [4.69, 9.17) is 14.2 Å². The van der Waals surface area contributed by atoms with Gasteiger partial charge in [-0.25, -0.2) is 0 Å². The number of rotatable bonds is 22. The molecule has 0 spiro atoms. The molecule has 0 heterocycles. The fraction of sp³-hybridized carbons (Fsp3) is 0.800. The first-order chi connectivity index (χ1) is 17.3. The summed E-state index contributed by atoms with van der Waals surface area (Å²) in [5, 5.41) is 0. The van der Waals surface area contributed by atoms with E-state index in [-0.39, 0.29) is 5.92 Å². The predicted molar refractivity (Wildman–Crippen MR) is 142 cm³/mol. The van der Waals surface area contributed by atoms with E-state index in [9.17, 15) is 13.2 Å². The van der Waals surface area contributed by atoms with E-state index in [2.05, 4.69) is 27.7 Å². The largest absolute Gasteiger partial charge is 0.416 e. The molecular formula is C30H51F3O3. The van der Waals surface area contributed by atoms with Crippen LogP contribution >= 0.6 is 0 Å². The van der Waals surface area contributed by atoms with Gasteiger partial charge in [-0.05, 0) is 62.6 Å². The Morgan fingerprint density at radius 2 is 1.08 bits per heavy atom. The first-order valence-corrected chi connectivity index (χ1v) is 14.4. The lowest BCUT2D eigenvalue weighted by Gasteiger charge is -2.40. The van der Waals surface area contributed by atoms with Crippen LogP contribution in [0.4, 0.5) is 13.2 Å². The van der Waals surface area contributed by atoms with E-state index in [1.807, 2.05) is 0 Å². The zero-order chi connectivity index (χ0) is 26.7. The summed E-state index contributed by atoms with van der Waals surface area (Å²) in [7, 11) is 0. The molecule has 3 nitrogen and oxygen atoms in total. The van der Waals surface area contributed by atoms with Crippen molar-refractivity contribution in [3.63, 3.8) is 0 Å². The van der Waals surface area contributed by atoms with Gasteiger partial charge in [-0.3, -0.25) is 0 Å². The minimum absolute atomic E-state index is 0.126. The molecule has 0 aliphatic rings. The van der Waals surface area contributed by atoms with E-state index in [1.165, 1.54) is 44.2 Å². The van der Waals surface area contributed by atoms with Gasteiger partial charge in [0.15, 0.2) is 0 Å². The molecule has 0 aliphatic heterocycles. The summed E-state index contributed by atoms with van der Waals surface area (Å²) in [6, 6.07) is 5.55. The van der Waals surface area contributed by atoms with E-state index in [0.717, 1.165) is 63.4 Å². The Bertz CT molecular complexity index is 624. The lowest BCUT2D eigenvalue weighted by Crippen LogP contribution is -2.47. The van der Waals surface area contributed by atoms with Gasteiger partial charge in [0.1, 0.15) is 0 Å². The molecule has 1 atom stereocenters. The normalized spacial score (nSPS) is 13.3. The maximum Gasteiger partial charge on any atom is 0.416 e. The van der Waals surface area contributed by atoms with Crippen LogP contribution in [0.2, 0.25) is 0 Å². The van der Waals surface area contributed by atoms with Gasteiger partial charge in [0.05, 0.1) is 25.4 Å². The van der Waals surface area contributed by atoms with Crippen molar-refractivity contribution in [2.24, 2.45) is 5.92 Å². The molecule has 0 bridgehead atoms. The Morgan fingerprint density at radius 3 is 1.56 bits per heavy atom. The zero-order valence-electron chi connectivity index (χ0n) is 23.3. The molecule has 0 aliphatic carbocycles. The second kappa shape index (κ2) is 19.0. The van der Waals surface area contributed by atoms with E-state index >= 15 is 0 Å². The highest BCUT2D eigenvalue weighted by Crippen LogP contribution is 2.35. The van der Waals surface area contributed by atoms with Gasteiger partial charge >= 0.3 is 6.18 Å². The van der Waals surface area contributed by atoms with Gasteiger partial charge in [0, 0.05) is 5.92 Å². The van der Waals surface area contributed by atoms with Crippen LogP contribution in [0.25, 0.3) is 0 Å². The molecule has 0 aromatic heterocycles. The quantitative estimate of drug-likeness (QED) is 0.113. The smallest absolute Gasteiger partial charge is 0.327 e. The van der Waals surface area contributed by atoms with Crippen LogP contribution in [-0.4, -0.2) is 25.8 Å². The van der Waals surface area contributed by atoms with Gasteiger partial charge in [0.2, 0.25) is 0 Å². The highest BCUT2D eigenvalue weighted by atomic mass is 19.4. The second-order valence-corrected chi connectivity index (χ2v) is 9.84. The third-order valence-electron chi connectivity index (χ3n) is 6.48. The SMILES string of the molecule is CCCCCCCCC(CCCCc1ccc(C(F)(F)F)cc1)C(OCCC)(OCCC)OCCC. The molecule has 0 fully saturated rings. The molecule has 36 heavy (non-hydrogen) atoms. The topological polar surface area (TPSA) is 27.7 Å². The van der Waals surface area contributed by atoms with E-state index < -0.39 is 17.7 Å². The van der Waals surface area contributed by atoms with Crippen molar-refractivity contribution >= 4 is 0 Å². The Balaban J connectivity index is 2.84. The predicted octanol–water partition coefficient (Wildman–Crippen LogP) is 9.72. The van der Waals surface area contributed by atoms with Crippen LogP contribution in [0.1, 0.15) is 122 Å². The van der Waals surface area contributed by atoms with Crippen molar-refractivity contribution in [3.05, 3.63) is 35.4 Å². The van der Waals surface area contributed by atoms with E-state index in [0.29, 0.717) is 19.8 Å². The second-order valence-electron chi connectivity index (χ2n) is 9.84. The van der Waals surface area contributed by atoms with Gasteiger partial charge in [-0.1, -0.05) is 84.8 Å². The number of hydrogen-bond acceptors (Lipinski definition) is 3. The van der Waals surface area contributed by atoms with Gasteiger partial charge < -0.3 is 14.2 Å². The maximum atomic E-state index is 12.8. The van der Waals surface area contributed by atoms with Crippen LogP contribution in [0.3, 0.4) is 0 Å². The molecule has 0 amide bonds. The molecule has 0 saturated heterocycles. The Kier molecular flexibility index (Phi) is 17.4. The van der Waals surface area contributed by atoms with Crippen LogP contribution in [0, 0.1) is 5.92 Å². The summed E-state index contributed by atoms with van der Waals surface area (Å²) in [5.41, 5.74) is 0.345. The maximum absolute atomic E-state index is 12.8. The third-order valence-corrected chi connectivity index (χ3v) is 6.48. The average molecular weight is 517 g/mol. The number of unbranched alkanes of at least 4 members (excludes halogenated alkanes) is 6. The number of alkyl halides is 3. The molecule has 0 radical (unpaired) electrons. The molecule has 210 valence electrons. The van der Waals surface area contributed by atoms with Crippen molar-refractivity contribution in [1.29, 1.82) is 0 Å². The van der Waals surface area contributed by atoms with Crippen LogP contribution in [0.15, 0.2) is 24.3 Å². The van der Waals surface area contributed by atoms with Crippen LogP contribution in [-0.2, 0) is 26.8 Å². The number of hydrogen-bond donors (Lipinski definition) is 0. The highest BCUT2D eigenvalue weighted by molar-refractivity contribution is 5.24. The van der Waals surface area contributed by atoms with Gasteiger partial charge in [0.25, 0.3) is 5.97 Å². The molecule has 1 aromatic rings. The van der Waals surface area contributed by atoms with Gasteiger partial charge in [-0.2, -0.15) is 13.2 Å². The molecule has 1 unspecified atom stereocenters. The molecular weight excluding hydrogens is 465 g/mol. The van der Waals surface area contributed by atoms with Crippen molar-refractivity contribution in [2.45, 2.75) is 130 Å². The standard InChI is InChI=1S/C30H51F3O3/c1-5-9-10-11-12-13-17-28(30(34-23-6-2,35-24-7-3)36-25-8-4)18-15-14-16-26-19-21-27(22-20-26)29(31,32)33/h19-22,28H,5-18,23-25H2,1-4H3. The summed E-state index contributed by atoms with van der Waals surface area (Å²) < 4.78 is 57.6. The highest BCUT2D eigenvalue weighted by Gasteiger charge is 2.42. The molecule has 1 aromatic carbocycles. The first kappa shape index (κ1) is 32.9. The minimum atomic E-state index is -4.29. The first-order valence-electron chi connectivity index (χ1n) is 14.4. The van der Waals surface area contributed by atoms with Gasteiger partial charge in [-0.15, -0.1) is 0 Å². The Labute approximate surface area is 218 Å². The fourth-order valence-corrected chi connectivity index (χ4v) is 4.46. The lowest BCUT2D eigenvalue weighted by molar-refractivity contribution is -0.406. The van der Waals surface area contributed by atoms with Crippen molar-refractivity contribution in [1.82, 2.24) is 0 Å². The number of ether oxygens (including phenoxy) is 3. The summed E-state index contributed by atoms with van der Waals surface area (Å²) in [5.74, 6) is -0.888. The summed E-state index contributed by atoms with van der Waals surface area (Å²) in [4.78, 5) is 0. The Hall–Kier alpha value is -1.11. The summed E-state index contributed by atoms with van der Waals surface area (Å²) >= 11 is 0. The van der Waals surface area contributed by atoms with Crippen molar-refractivity contribution in [2.75, 3.05) is 19.8 Å². The molecule has 0 N–H and O–H groups in total. The Morgan fingerprint density at radius 1 is 0.611 bits per heavy atom. The number of aryl methyl sites for hydroxylation is 1. The zero-order valence-corrected chi connectivity index (χ0v) is 23.3. The fourth-order valence-electron chi connectivity index (χ4n) is 4.46. The van der Waals surface area contributed by atoms with E-state index in [1.54, 1.807) is 12.1 Å². The molecule has 1 rings (SSSR count). The lowest BCUT2D eigenvalue weighted by atomic mass is 9.91. The minimum Gasteiger partial charge on any atom is -0.327 e. The average Bonchev–Trinajstić information content (AvgIpc) is 2.87. The van der Waals surface area contributed by atoms with Crippen LogP contribution < -0.4 is 0 Å².